The molecule has 0 bridgehead atoms. The number of esters is 1. The number of hydrogen-bond donors (Lipinski definition) is 2. The molecule has 1 unspecified atom stereocenters. The van der Waals surface area contributed by atoms with Crippen molar-refractivity contribution in [3.8, 4) is 11.3 Å². The molecule has 11 heteroatoms. The molecular formula is C35H46N4O7. The summed E-state index contributed by atoms with van der Waals surface area (Å²) in [6.45, 7) is 5.01. The van der Waals surface area contributed by atoms with Crippen LogP contribution in [-0.2, 0) is 25.8 Å². The molecule has 46 heavy (non-hydrogen) atoms. The zero-order chi connectivity index (χ0) is 33.3. The number of nitrogens with zero attached hydrogens (tertiary/aromatic N) is 2. The molecule has 248 valence electrons. The van der Waals surface area contributed by atoms with Gasteiger partial charge in [-0.15, -0.1) is 0 Å². The molecule has 0 spiro atoms. The van der Waals surface area contributed by atoms with Gasteiger partial charge >= 0.3 is 5.97 Å². The maximum atomic E-state index is 13.4. The standard InChI is InChI=1S/C35H46N4O7/c1-5-7-9-14-29(30(6-2)39(25-40)45-23-26-12-10-8-11-13-26)33(41)36-24-37-34(42)32-20-19-31(46-32)27-15-17-28(18-16-27)35(43)44-22-21-38(3)4/h8,10-13,15-20,25,29-30H,5-7,9,14,21-24H2,1-4H3,(H,36,41)(H,37,42)/t29?,30-/m1/s1. The minimum absolute atomic E-state index is 0.0730. The summed E-state index contributed by atoms with van der Waals surface area (Å²) in [5, 5.41) is 6.71. The predicted molar refractivity (Wildman–Crippen MR) is 174 cm³/mol. The van der Waals surface area contributed by atoms with Gasteiger partial charge in [0, 0.05) is 12.1 Å². The lowest BCUT2D eigenvalue weighted by molar-refractivity contribution is -0.200. The summed E-state index contributed by atoms with van der Waals surface area (Å²) in [6, 6.07) is 19.0. The molecule has 3 amide bonds. The van der Waals surface area contributed by atoms with Crippen molar-refractivity contribution in [3.05, 3.63) is 83.6 Å². The second-order valence-corrected chi connectivity index (χ2v) is 11.2. The Morgan fingerprint density at radius 3 is 2.33 bits per heavy atom. The Hall–Kier alpha value is -4.48. The normalized spacial score (nSPS) is 12.3. The maximum Gasteiger partial charge on any atom is 0.338 e. The molecule has 2 N–H and O–H groups in total. The van der Waals surface area contributed by atoms with Gasteiger partial charge < -0.3 is 24.7 Å². The van der Waals surface area contributed by atoms with E-state index in [1.165, 1.54) is 5.06 Å². The van der Waals surface area contributed by atoms with Crippen LogP contribution in [0.3, 0.4) is 0 Å². The molecule has 0 fully saturated rings. The van der Waals surface area contributed by atoms with Gasteiger partial charge in [0.05, 0.1) is 24.2 Å². The number of furan rings is 1. The first-order chi connectivity index (χ1) is 22.3. The molecule has 3 rings (SSSR count). The van der Waals surface area contributed by atoms with Gasteiger partial charge in [0.15, 0.2) is 5.76 Å². The Bertz CT molecular complexity index is 1380. The number of carbonyl (C=O) groups is 4. The van der Waals surface area contributed by atoms with Crippen LogP contribution in [-0.4, -0.2) is 74.1 Å². The smallest absolute Gasteiger partial charge is 0.338 e. The largest absolute Gasteiger partial charge is 0.461 e. The van der Waals surface area contributed by atoms with E-state index in [9.17, 15) is 19.2 Å². The van der Waals surface area contributed by atoms with Crippen LogP contribution in [0.4, 0.5) is 0 Å². The lowest BCUT2D eigenvalue weighted by Gasteiger charge is -2.32. The molecule has 11 nitrogen and oxygen atoms in total. The fraction of sp³-hybridized carbons (Fsp3) is 0.429. The molecule has 2 atom stereocenters. The van der Waals surface area contributed by atoms with E-state index in [1.807, 2.05) is 56.3 Å². The summed E-state index contributed by atoms with van der Waals surface area (Å²) in [4.78, 5) is 58.2. The summed E-state index contributed by atoms with van der Waals surface area (Å²) in [6.07, 6.45) is 4.46. The average Bonchev–Trinajstić information content (AvgIpc) is 3.56. The molecule has 2 aromatic carbocycles. The van der Waals surface area contributed by atoms with E-state index >= 15 is 0 Å². The molecule has 1 heterocycles. The third-order valence-electron chi connectivity index (χ3n) is 7.51. The van der Waals surface area contributed by atoms with Crippen LogP contribution in [0.15, 0.2) is 71.1 Å². The number of carbonyl (C=O) groups excluding carboxylic acids is 4. The highest BCUT2D eigenvalue weighted by Crippen LogP contribution is 2.24. The second-order valence-electron chi connectivity index (χ2n) is 11.2. The molecule has 0 saturated heterocycles. The monoisotopic (exact) mass is 634 g/mol. The van der Waals surface area contributed by atoms with E-state index in [4.69, 9.17) is 14.0 Å². The van der Waals surface area contributed by atoms with Crippen LogP contribution in [0, 0.1) is 5.92 Å². The molecule has 0 aliphatic carbocycles. The number of hydrogen-bond acceptors (Lipinski definition) is 8. The van der Waals surface area contributed by atoms with E-state index in [0.29, 0.717) is 49.3 Å². The first kappa shape index (κ1) is 36.0. The number of likely N-dealkylation sites (N-methyl/N-ethyl adjacent to an activating group) is 1. The highest BCUT2D eigenvalue weighted by molar-refractivity contribution is 5.92. The van der Waals surface area contributed by atoms with Crippen molar-refractivity contribution < 1.29 is 33.2 Å². The van der Waals surface area contributed by atoms with Gasteiger partial charge in [0.25, 0.3) is 5.91 Å². The molecule has 1 aromatic heterocycles. The van der Waals surface area contributed by atoms with Gasteiger partial charge in [-0.05, 0) is 56.8 Å². The molecule has 3 aromatic rings. The summed E-state index contributed by atoms with van der Waals surface area (Å²) in [7, 11) is 3.80. The Labute approximate surface area is 271 Å². The van der Waals surface area contributed by atoms with Crippen molar-refractivity contribution in [2.45, 2.75) is 58.6 Å². The fourth-order valence-corrected chi connectivity index (χ4v) is 4.90. The van der Waals surface area contributed by atoms with Crippen LogP contribution in [0.1, 0.15) is 72.4 Å². The van der Waals surface area contributed by atoms with Gasteiger partial charge in [0.1, 0.15) is 19.0 Å². The Balaban J connectivity index is 1.56. The molecule has 0 saturated carbocycles. The topological polar surface area (TPSA) is 130 Å². The number of amides is 3. The van der Waals surface area contributed by atoms with Gasteiger partial charge in [0.2, 0.25) is 12.3 Å². The van der Waals surface area contributed by atoms with Crippen molar-refractivity contribution in [3.63, 3.8) is 0 Å². The van der Waals surface area contributed by atoms with Crippen LogP contribution >= 0.6 is 0 Å². The molecule has 0 radical (unpaired) electrons. The van der Waals surface area contributed by atoms with E-state index in [1.54, 1.807) is 36.4 Å². The summed E-state index contributed by atoms with van der Waals surface area (Å²) < 4.78 is 11.0. The SMILES string of the molecule is CCCCCC(C(=O)NCNC(=O)c1ccc(-c2ccc(C(=O)OCCN(C)C)cc2)o1)[C@@H](CC)N(C=O)OCc1ccccc1. The summed E-state index contributed by atoms with van der Waals surface area (Å²) in [5.74, 6) is -1.19. The number of nitrogens with one attached hydrogen (secondary N) is 2. The quantitative estimate of drug-likeness (QED) is 0.0582. The fourth-order valence-electron chi connectivity index (χ4n) is 4.90. The van der Waals surface area contributed by atoms with E-state index < -0.39 is 23.8 Å². The zero-order valence-electron chi connectivity index (χ0n) is 27.2. The maximum absolute atomic E-state index is 13.4. The number of ether oxygens (including phenoxy) is 1. The first-order valence-corrected chi connectivity index (χ1v) is 15.8. The van der Waals surface area contributed by atoms with Gasteiger partial charge in [-0.3, -0.25) is 19.2 Å². The van der Waals surface area contributed by atoms with E-state index in [-0.39, 0.29) is 24.9 Å². The number of unbranched alkanes of at least 4 members (excludes halogenated alkanes) is 2. The lowest BCUT2D eigenvalue weighted by atomic mass is 9.90. The van der Waals surface area contributed by atoms with Gasteiger partial charge in [-0.2, -0.15) is 0 Å². The lowest BCUT2D eigenvalue weighted by Crippen LogP contribution is -2.48. The predicted octanol–water partition coefficient (Wildman–Crippen LogP) is 5.03. The third-order valence-corrected chi connectivity index (χ3v) is 7.51. The van der Waals surface area contributed by atoms with Crippen molar-refractivity contribution in [1.82, 2.24) is 20.6 Å². The highest BCUT2D eigenvalue weighted by Gasteiger charge is 2.32. The van der Waals surface area contributed by atoms with Crippen molar-refractivity contribution >= 4 is 24.2 Å². The van der Waals surface area contributed by atoms with Crippen LogP contribution in [0.25, 0.3) is 11.3 Å². The average molecular weight is 635 g/mol. The number of hydroxylamine groups is 2. The second kappa shape index (κ2) is 19.1. The van der Waals surface area contributed by atoms with Crippen LogP contribution < -0.4 is 10.6 Å². The van der Waals surface area contributed by atoms with Crippen LogP contribution in [0.2, 0.25) is 0 Å². The van der Waals surface area contributed by atoms with Crippen molar-refractivity contribution in [2.24, 2.45) is 5.92 Å². The number of rotatable bonds is 20. The Kier molecular flexibility index (Phi) is 15.0. The molecule has 0 aliphatic rings. The minimum Gasteiger partial charge on any atom is -0.461 e. The van der Waals surface area contributed by atoms with Crippen molar-refractivity contribution in [1.29, 1.82) is 0 Å². The van der Waals surface area contributed by atoms with E-state index in [0.717, 1.165) is 24.8 Å². The van der Waals surface area contributed by atoms with Gasteiger partial charge in [-0.1, -0.05) is 75.6 Å². The zero-order valence-corrected chi connectivity index (χ0v) is 27.2. The van der Waals surface area contributed by atoms with Gasteiger partial charge in [-0.25, -0.2) is 9.86 Å². The summed E-state index contributed by atoms with van der Waals surface area (Å²) >= 11 is 0. The molecular weight excluding hydrogens is 588 g/mol. The molecule has 0 aliphatic heterocycles. The number of benzene rings is 2. The van der Waals surface area contributed by atoms with Crippen LogP contribution in [0.5, 0.6) is 0 Å². The Morgan fingerprint density at radius 1 is 0.935 bits per heavy atom. The Morgan fingerprint density at radius 2 is 1.67 bits per heavy atom. The minimum atomic E-state index is -0.530. The highest BCUT2D eigenvalue weighted by atomic mass is 16.7. The first-order valence-electron chi connectivity index (χ1n) is 15.8. The van der Waals surface area contributed by atoms with Crippen molar-refractivity contribution in [2.75, 3.05) is 33.9 Å². The third kappa shape index (κ3) is 11.1. The van der Waals surface area contributed by atoms with E-state index in [2.05, 4.69) is 17.6 Å². The summed E-state index contributed by atoms with van der Waals surface area (Å²) in [5.41, 5.74) is 2.01.